The van der Waals surface area contributed by atoms with Crippen molar-refractivity contribution in [2.45, 2.75) is 6.42 Å². The zero-order valence-electron chi connectivity index (χ0n) is 11.3. The van der Waals surface area contributed by atoms with Gasteiger partial charge in [-0.15, -0.1) is 0 Å². The smallest absolute Gasteiger partial charge is 0.124 e. The second-order valence-corrected chi connectivity index (χ2v) is 4.55. The van der Waals surface area contributed by atoms with Crippen LogP contribution in [0.1, 0.15) is 11.3 Å². The number of nitrogens with one attached hydrogen (secondary N) is 1. The summed E-state index contributed by atoms with van der Waals surface area (Å²) in [6.07, 6.45) is 2.71. The van der Waals surface area contributed by atoms with Crippen molar-refractivity contribution in [3.05, 3.63) is 47.8 Å². The summed E-state index contributed by atoms with van der Waals surface area (Å²) in [6, 6.07) is 9.74. The second kappa shape index (κ2) is 5.56. The van der Waals surface area contributed by atoms with Gasteiger partial charge < -0.3 is 10.6 Å². The number of para-hydroxylation sites is 1. The van der Waals surface area contributed by atoms with E-state index in [0.29, 0.717) is 0 Å². The van der Waals surface area contributed by atoms with Crippen molar-refractivity contribution in [2.24, 2.45) is 12.8 Å². The zero-order chi connectivity index (χ0) is 13.8. The Kier molecular flexibility index (Phi) is 3.85. The minimum Gasteiger partial charge on any atom is -0.384 e. The number of anilines is 1. The van der Waals surface area contributed by atoms with Crippen LogP contribution in [0.4, 0.5) is 5.69 Å². The van der Waals surface area contributed by atoms with E-state index in [1.54, 1.807) is 6.20 Å². The van der Waals surface area contributed by atoms with E-state index in [2.05, 4.69) is 10.00 Å². The third-order valence-electron chi connectivity index (χ3n) is 3.23. The number of aromatic nitrogens is 2. The van der Waals surface area contributed by atoms with E-state index in [9.17, 15) is 0 Å². The monoisotopic (exact) mass is 257 g/mol. The van der Waals surface area contributed by atoms with E-state index in [1.165, 1.54) is 5.69 Å². The maximum Gasteiger partial charge on any atom is 0.124 e. The average Bonchev–Trinajstić information content (AvgIpc) is 2.81. The number of hydrogen-bond acceptors (Lipinski definition) is 3. The van der Waals surface area contributed by atoms with Crippen LogP contribution < -0.4 is 10.6 Å². The largest absolute Gasteiger partial charge is 0.384 e. The van der Waals surface area contributed by atoms with Crippen molar-refractivity contribution in [1.29, 1.82) is 5.41 Å². The molecule has 2 aromatic rings. The van der Waals surface area contributed by atoms with Crippen LogP contribution in [0, 0.1) is 5.41 Å². The first-order valence-corrected chi connectivity index (χ1v) is 6.21. The van der Waals surface area contributed by atoms with Crippen LogP contribution in [0.15, 0.2) is 36.5 Å². The molecule has 0 aliphatic rings. The molecule has 0 fully saturated rings. The number of rotatable bonds is 5. The maximum atomic E-state index is 7.61. The third-order valence-corrected chi connectivity index (χ3v) is 3.23. The normalized spacial score (nSPS) is 10.4. The molecule has 0 radical (unpaired) electrons. The first-order chi connectivity index (χ1) is 9.09. The predicted molar refractivity (Wildman–Crippen MR) is 77.6 cm³/mol. The number of aryl methyl sites for hydroxylation is 1. The lowest BCUT2D eigenvalue weighted by Gasteiger charge is -2.22. The molecular formula is C14H19N5. The molecule has 0 unspecified atom stereocenters. The topological polar surface area (TPSA) is 70.9 Å². The standard InChI is InChI=1S/C14H19N5/c1-18(10-8-11-7-9-17-19(11)2)13-6-4-3-5-12(13)14(15)16/h3-7,9H,8,10H2,1-2H3,(H3,15,16). The summed E-state index contributed by atoms with van der Waals surface area (Å²) in [5.74, 6) is 0.1000. The quantitative estimate of drug-likeness (QED) is 0.628. The summed E-state index contributed by atoms with van der Waals surface area (Å²) >= 11 is 0. The number of benzene rings is 1. The Labute approximate surface area is 113 Å². The fraction of sp³-hybridized carbons (Fsp3) is 0.286. The molecule has 100 valence electrons. The molecule has 0 atom stereocenters. The van der Waals surface area contributed by atoms with E-state index in [1.807, 2.05) is 49.1 Å². The molecule has 0 aliphatic carbocycles. The Morgan fingerprint density at radius 1 is 1.37 bits per heavy atom. The third kappa shape index (κ3) is 2.93. The minimum absolute atomic E-state index is 0.1000. The zero-order valence-corrected chi connectivity index (χ0v) is 11.3. The fourth-order valence-corrected chi connectivity index (χ4v) is 2.08. The van der Waals surface area contributed by atoms with Gasteiger partial charge >= 0.3 is 0 Å². The Balaban J connectivity index is 2.10. The fourth-order valence-electron chi connectivity index (χ4n) is 2.08. The van der Waals surface area contributed by atoms with Crippen LogP contribution in [0.3, 0.4) is 0 Å². The van der Waals surface area contributed by atoms with Gasteiger partial charge in [0.1, 0.15) is 5.84 Å². The lowest BCUT2D eigenvalue weighted by Crippen LogP contribution is -2.25. The number of nitrogens with zero attached hydrogens (tertiary/aromatic N) is 3. The van der Waals surface area contributed by atoms with Gasteiger partial charge in [-0.05, 0) is 18.2 Å². The molecule has 3 N–H and O–H groups in total. The van der Waals surface area contributed by atoms with E-state index in [-0.39, 0.29) is 5.84 Å². The highest BCUT2D eigenvalue weighted by Crippen LogP contribution is 2.18. The molecule has 0 spiro atoms. The van der Waals surface area contributed by atoms with Crippen molar-refractivity contribution in [1.82, 2.24) is 9.78 Å². The molecule has 0 bridgehead atoms. The van der Waals surface area contributed by atoms with Gasteiger partial charge in [0.05, 0.1) is 0 Å². The number of likely N-dealkylation sites (N-methyl/N-ethyl adjacent to an activating group) is 1. The lowest BCUT2D eigenvalue weighted by atomic mass is 10.1. The van der Waals surface area contributed by atoms with Crippen molar-refractivity contribution in [2.75, 3.05) is 18.5 Å². The predicted octanol–water partition coefficient (Wildman–Crippen LogP) is 1.38. The maximum absolute atomic E-state index is 7.61. The van der Waals surface area contributed by atoms with Crippen molar-refractivity contribution in [3.8, 4) is 0 Å². The molecular weight excluding hydrogens is 238 g/mol. The van der Waals surface area contributed by atoms with Crippen LogP contribution >= 0.6 is 0 Å². The summed E-state index contributed by atoms with van der Waals surface area (Å²) in [5.41, 5.74) is 8.55. The molecule has 1 aromatic heterocycles. The van der Waals surface area contributed by atoms with Crippen molar-refractivity contribution >= 4 is 11.5 Å². The van der Waals surface area contributed by atoms with Gasteiger partial charge in [-0.25, -0.2) is 0 Å². The Bertz CT molecular complexity index is 573. The molecule has 1 heterocycles. The number of nitrogen functional groups attached to an aromatic ring is 1. The van der Waals surface area contributed by atoms with Gasteiger partial charge in [0.25, 0.3) is 0 Å². The summed E-state index contributed by atoms with van der Waals surface area (Å²) in [5, 5.41) is 11.8. The van der Waals surface area contributed by atoms with Gasteiger partial charge in [0.2, 0.25) is 0 Å². The van der Waals surface area contributed by atoms with Gasteiger partial charge in [-0.1, -0.05) is 12.1 Å². The first-order valence-electron chi connectivity index (χ1n) is 6.21. The van der Waals surface area contributed by atoms with Gasteiger partial charge in [-0.3, -0.25) is 10.1 Å². The molecule has 1 aromatic carbocycles. The molecule has 5 heteroatoms. The molecule has 2 rings (SSSR count). The van der Waals surface area contributed by atoms with Crippen LogP contribution in [0.2, 0.25) is 0 Å². The van der Waals surface area contributed by atoms with E-state index in [4.69, 9.17) is 11.1 Å². The van der Waals surface area contributed by atoms with E-state index in [0.717, 1.165) is 24.2 Å². The van der Waals surface area contributed by atoms with E-state index >= 15 is 0 Å². The highest BCUT2D eigenvalue weighted by molar-refractivity contribution is 6.00. The Morgan fingerprint density at radius 3 is 2.74 bits per heavy atom. The first kappa shape index (κ1) is 13.1. The number of amidine groups is 1. The summed E-state index contributed by atoms with van der Waals surface area (Å²) in [4.78, 5) is 2.11. The average molecular weight is 257 g/mol. The summed E-state index contributed by atoms with van der Waals surface area (Å²) in [6.45, 7) is 0.851. The molecule has 0 aliphatic heterocycles. The van der Waals surface area contributed by atoms with Crippen LogP contribution in [-0.2, 0) is 13.5 Å². The van der Waals surface area contributed by atoms with Gasteiger partial charge in [-0.2, -0.15) is 5.10 Å². The summed E-state index contributed by atoms with van der Waals surface area (Å²) in [7, 11) is 3.96. The molecule has 19 heavy (non-hydrogen) atoms. The van der Waals surface area contributed by atoms with Crippen molar-refractivity contribution < 1.29 is 0 Å². The second-order valence-electron chi connectivity index (χ2n) is 4.55. The van der Waals surface area contributed by atoms with E-state index < -0.39 is 0 Å². The number of nitrogens with two attached hydrogens (primary N) is 1. The molecule has 0 saturated heterocycles. The van der Waals surface area contributed by atoms with Crippen LogP contribution in [0.5, 0.6) is 0 Å². The minimum atomic E-state index is 0.1000. The highest BCUT2D eigenvalue weighted by Gasteiger charge is 2.09. The van der Waals surface area contributed by atoms with Crippen LogP contribution in [0.25, 0.3) is 0 Å². The Morgan fingerprint density at radius 2 is 2.11 bits per heavy atom. The molecule has 0 saturated carbocycles. The highest BCUT2D eigenvalue weighted by atomic mass is 15.3. The molecule has 5 nitrogen and oxygen atoms in total. The SMILES string of the molecule is CN(CCc1ccnn1C)c1ccccc1C(=N)N. The Hall–Kier alpha value is -2.30. The van der Waals surface area contributed by atoms with Crippen LogP contribution in [-0.4, -0.2) is 29.2 Å². The lowest BCUT2D eigenvalue weighted by molar-refractivity contribution is 0.699. The van der Waals surface area contributed by atoms with Crippen molar-refractivity contribution in [3.63, 3.8) is 0 Å². The van der Waals surface area contributed by atoms with Gasteiger partial charge in [0.15, 0.2) is 0 Å². The van der Waals surface area contributed by atoms with Gasteiger partial charge in [0, 0.05) is 50.2 Å². The number of hydrogen-bond donors (Lipinski definition) is 2. The molecule has 0 amide bonds. The summed E-state index contributed by atoms with van der Waals surface area (Å²) < 4.78 is 1.88.